The Balaban J connectivity index is 0.00000529. The number of nitrogens with zero attached hydrogens (tertiary/aromatic N) is 1. The molecule has 2 N–H and O–H groups in total. The molecule has 0 radical (unpaired) electrons. The van der Waals surface area contributed by atoms with Crippen LogP contribution in [0.5, 0.6) is 0 Å². The molecule has 24 heavy (non-hydrogen) atoms. The van der Waals surface area contributed by atoms with Gasteiger partial charge in [-0.2, -0.15) is 0 Å². The van der Waals surface area contributed by atoms with Crippen LogP contribution in [0.25, 0.3) is 0 Å². The number of carboxylic acids is 1. The van der Waals surface area contributed by atoms with E-state index in [-0.39, 0.29) is 47.9 Å². The Morgan fingerprint density at radius 3 is 2.08 bits per heavy atom. The number of benzene rings is 1. The van der Waals surface area contributed by atoms with Crippen LogP contribution in [0.1, 0.15) is 37.8 Å². The molecule has 2 unspecified atom stereocenters. The fourth-order valence-electron chi connectivity index (χ4n) is 2.41. The van der Waals surface area contributed by atoms with Crippen molar-refractivity contribution in [2.45, 2.75) is 39.2 Å². The van der Waals surface area contributed by atoms with E-state index in [2.05, 4.69) is 19.2 Å². The van der Waals surface area contributed by atoms with Gasteiger partial charge in [-0.1, -0.05) is 38.1 Å². The van der Waals surface area contributed by atoms with Crippen LogP contribution >= 0.6 is 0 Å². The van der Waals surface area contributed by atoms with Crippen LogP contribution in [0.4, 0.5) is 0 Å². The zero-order chi connectivity index (χ0) is 17.6. The van der Waals surface area contributed by atoms with Gasteiger partial charge in [0, 0.05) is 6.54 Å². The Bertz CT molecular complexity index is 530. The molecule has 0 fully saturated rings. The van der Waals surface area contributed by atoms with Gasteiger partial charge in [-0.05, 0) is 44.5 Å². The van der Waals surface area contributed by atoms with Gasteiger partial charge in [0.1, 0.15) is 6.04 Å². The summed E-state index contributed by atoms with van der Waals surface area (Å²) in [6.07, 6.45) is 1.00. The zero-order valence-corrected chi connectivity index (χ0v) is 14.7. The van der Waals surface area contributed by atoms with E-state index in [0.29, 0.717) is 5.92 Å². The number of hydrogen-bond donors (Lipinski definition) is 2. The third-order valence-corrected chi connectivity index (χ3v) is 3.68. The second kappa shape index (κ2) is 10.9. The van der Waals surface area contributed by atoms with Crippen LogP contribution in [0.15, 0.2) is 24.3 Å². The van der Waals surface area contributed by atoms with E-state index in [1.807, 2.05) is 24.3 Å². The van der Waals surface area contributed by atoms with Gasteiger partial charge in [0.15, 0.2) is 0 Å². The number of carbonyl (C=O) groups excluding carboxylic acids is 1. The van der Waals surface area contributed by atoms with Gasteiger partial charge >= 0.3 is 35.5 Å². The van der Waals surface area contributed by atoms with E-state index in [9.17, 15) is 14.7 Å². The van der Waals surface area contributed by atoms with Gasteiger partial charge in [-0.3, -0.25) is 4.79 Å². The molecule has 0 spiro atoms. The van der Waals surface area contributed by atoms with E-state index < -0.39 is 12.0 Å². The Hall–Kier alpha value is -0.880. The Morgan fingerprint density at radius 1 is 1.12 bits per heavy atom. The molecule has 1 amide bonds. The fourth-order valence-corrected chi connectivity index (χ4v) is 2.41. The van der Waals surface area contributed by atoms with E-state index in [4.69, 9.17) is 0 Å². The maximum atomic E-state index is 12.3. The molecule has 0 heterocycles. The molecule has 0 saturated carbocycles. The average Bonchev–Trinajstić information content (AvgIpc) is 2.45. The molecule has 0 aliphatic heterocycles. The third-order valence-electron chi connectivity index (χ3n) is 3.68. The normalized spacial score (nSPS) is 13.3. The number of hydrogen-bond acceptors (Lipinski definition) is 3. The summed E-state index contributed by atoms with van der Waals surface area (Å²) in [6.45, 7) is 6.39. The van der Waals surface area contributed by atoms with Crippen LogP contribution in [0, 0.1) is 5.92 Å². The fraction of sp³-hybridized carbons (Fsp3) is 0.556. The summed E-state index contributed by atoms with van der Waals surface area (Å²) in [7, 11) is 3.55. The second-order valence-corrected chi connectivity index (χ2v) is 6.72. The number of carbonyl (C=O) groups is 2. The van der Waals surface area contributed by atoms with Crippen LogP contribution < -0.4 is 5.32 Å². The Morgan fingerprint density at radius 2 is 1.67 bits per heavy atom. The van der Waals surface area contributed by atoms with Gasteiger partial charge in [0.25, 0.3) is 0 Å². The van der Waals surface area contributed by atoms with Gasteiger partial charge < -0.3 is 15.3 Å². The van der Waals surface area contributed by atoms with Crippen molar-refractivity contribution in [1.82, 2.24) is 10.2 Å². The summed E-state index contributed by atoms with van der Waals surface area (Å²) in [5.41, 5.74) is 2.14. The van der Waals surface area contributed by atoms with E-state index in [1.165, 1.54) is 5.56 Å². The maximum absolute atomic E-state index is 12.3. The first-order valence-corrected chi connectivity index (χ1v) is 7.97. The van der Waals surface area contributed by atoms with E-state index >= 15 is 0 Å². The van der Waals surface area contributed by atoms with Crippen LogP contribution in [0.3, 0.4) is 0 Å². The van der Waals surface area contributed by atoms with Crippen molar-refractivity contribution in [2.24, 2.45) is 5.92 Å². The molecular formula is C18H29N2NaO3. The zero-order valence-electron chi connectivity index (χ0n) is 14.7. The van der Waals surface area contributed by atoms with Crippen molar-refractivity contribution < 1.29 is 14.7 Å². The van der Waals surface area contributed by atoms with Gasteiger partial charge in [0.2, 0.25) is 5.91 Å². The van der Waals surface area contributed by atoms with Crippen molar-refractivity contribution in [1.29, 1.82) is 0 Å². The molecule has 1 aromatic carbocycles. The Kier molecular flexibility index (Phi) is 10.5. The first kappa shape index (κ1) is 23.1. The van der Waals surface area contributed by atoms with Crippen molar-refractivity contribution in [3.8, 4) is 0 Å². The van der Waals surface area contributed by atoms with E-state index in [0.717, 1.165) is 12.0 Å². The number of nitrogens with one attached hydrogen (secondary N) is 1. The molecule has 5 nitrogen and oxygen atoms in total. The number of likely N-dealkylation sites (N-methyl/N-ethyl adjacent to an activating group) is 1. The molecule has 0 aliphatic carbocycles. The van der Waals surface area contributed by atoms with Crippen molar-refractivity contribution in [3.05, 3.63) is 35.4 Å². The first-order chi connectivity index (χ1) is 10.7. The molecule has 0 bridgehead atoms. The number of aliphatic carboxylic acids is 1. The quantitative estimate of drug-likeness (QED) is 0.701. The minimum absolute atomic E-state index is 0. The number of rotatable bonds is 8. The van der Waals surface area contributed by atoms with Crippen LogP contribution in [-0.2, 0) is 16.0 Å². The van der Waals surface area contributed by atoms with Gasteiger partial charge in [0.05, 0.1) is 5.92 Å². The van der Waals surface area contributed by atoms with Crippen LogP contribution in [0.2, 0.25) is 0 Å². The molecule has 0 aliphatic rings. The summed E-state index contributed by atoms with van der Waals surface area (Å²) in [6, 6.07) is 7.06. The summed E-state index contributed by atoms with van der Waals surface area (Å²) in [5.74, 6) is -1.08. The van der Waals surface area contributed by atoms with Gasteiger partial charge in [-0.15, -0.1) is 0 Å². The predicted octanol–water partition coefficient (Wildman–Crippen LogP) is 1.47. The molecule has 130 valence electrons. The SMILES string of the molecule is CC(C)Cc1ccc(C(C)C(=O)NC(CN(C)C)C(=O)O)cc1.[NaH]. The number of amides is 1. The van der Waals surface area contributed by atoms with Crippen molar-refractivity contribution in [3.63, 3.8) is 0 Å². The predicted molar refractivity (Wildman–Crippen MR) is 98.7 cm³/mol. The molecule has 0 saturated heterocycles. The monoisotopic (exact) mass is 344 g/mol. The molecule has 1 rings (SSSR count). The van der Waals surface area contributed by atoms with Gasteiger partial charge in [-0.25, -0.2) is 4.79 Å². The molecule has 2 atom stereocenters. The first-order valence-electron chi connectivity index (χ1n) is 7.97. The Labute approximate surface area is 167 Å². The third kappa shape index (κ3) is 7.79. The standard InChI is InChI=1S/C18H28N2O3.Na.H/c1-12(2)10-14-6-8-15(9-7-14)13(3)17(21)19-16(18(22)23)11-20(4)5;;/h6-9,12-13,16H,10-11H2,1-5H3,(H,19,21)(H,22,23);;. The topological polar surface area (TPSA) is 69.6 Å². The molecule has 0 aromatic heterocycles. The second-order valence-electron chi connectivity index (χ2n) is 6.72. The number of carboxylic acid groups (broad SMARTS) is 1. The van der Waals surface area contributed by atoms with E-state index in [1.54, 1.807) is 25.9 Å². The van der Waals surface area contributed by atoms with Crippen molar-refractivity contribution in [2.75, 3.05) is 20.6 Å². The van der Waals surface area contributed by atoms with Crippen molar-refractivity contribution >= 4 is 41.4 Å². The average molecular weight is 344 g/mol. The van der Waals surface area contributed by atoms with Crippen LogP contribution in [-0.4, -0.2) is 78.1 Å². The summed E-state index contributed by atoms with van der Waals surface area (Å²) in [4.78, 5) is 25.3. The molecule has 6 heteroatoms. The summed E-state index contributed by atoms with van der Waals surface area (Å²) in [5, 5.41) is 11.8. The minimum atomic E-state index is -1.02. The molecule has 1 aromatic rings. The summed E-state index contributed by atoms with van der Waals surface area (Å²) >= 11 is 0. The summed E-state index contributed by atoms with van der Waals surface area (Å²) < 4.78 is 0. The molecular weight excluding hydrogens is 315 g/mol.